The lowest BCUT2D eigenvalue weighted by molar-refractivity contribution is -0.140. The molecule has 0 saturated carbocycles. The number of nitrogens with zero attached hydrogens (tertiary/aromatic N) is 2. The third-order valence-corrected chi connectivity index (χ3v) is 9.45. The average Bonchev–Trinajstić information content (AvgIpc) is 3.01. The molecule has 0 saturated heterocycles. The van der Waals surface area contributed by atoms with Crippen LogP contribution in [0.1, 0.15) is 31.4 Å². The Kier molecular flexibility index (Phi) is 11.2. The van der Waals surface area contributed by atoms with Crippen molar-refractivity contribution in [3.05, 3.63) is 87.9 Å². The Morgan fingerprint density at radius 3 is 2.26 bits per heavy atom. The summed E-state index contributed by atoms with van der Waals surface area (Å²) in [6.07, 6.45) is 0.884. The van der Waals surface area contributed by atoms with E-state index in [1.807, 2.05) is 37.3 Å². The van der Waals surface area contributed by atoms with Crippen LogP contribution in [0.4, 0.5) is 5.69 Å². The SMILES string of the molecule is CCCNC(=O)C(Cc1ccccc1)N(Cc1c(Cl)cccc1Cl)C(=O)CN(c1ccc2c(c1)OCCO2)S(=O)(=O)CC. The van der Waals surface area contributed by atoms with Crippen molar-refractivity contribution in [1.82, 2.24) is 10.2 Å². The first kappa shape index (κ1) is 32.4. The van der Waals surface area contributed by atoms with Gasteiger partial charge in [0.1, 0.15) is 25.8 Å². The van der Waals surface area contributed by atoms with Gasteiger partial charge in [-0.25, -0.2) is 8.42 Å². The quantitative estimate of drug-likeness (QED) is 0.277. The molecule has 0 radical (unpaired) electrons. The van der Waals surface area contributed by atoms with E-state index in [0.717, 1.165) is 9.87 Å². The summed E-state index contributed by atoms with van der Waals surface area (Å²) < 4.78 is 39.1. The molecule has 9 nitrogen and oxygen atoms in total. The number of nitrogens with one attached hydrogen (secondary N) is 1. The number of sulfonamides is 1. The monoisotopic (exact) mass is 647 g/mol. The molecule has 2 amide bonds. The van der Waals surface area contributed by atoms with E-state index in [1.54, 1.807) is 36.4 Å². The molecule has 0 aliphatic carbocycles. The van der Waals surface area contributed by atoms with Gasteiger partial charge in [-0.05, 0) is 43.2 Å². The lowest BCUT2D eigenvalue weighted by atomic mass is 10.0. The summed E-state index contributed by atoms with van der Waals surface area (Å²) in [4.78, 5) is 29.3. The Morgan fingerprint density at radius 1 is 0.930 bits per heavy atom. The van der Waals surface area contributed by atoms with Crippen molar-refractivity contribution in [2.75, 3.05) is 36.4 Å². The maximum Gasteiger partial charge on any atom is 0.244 e. The summed E-state index contributed by atoms with van der Waals surface area (Å²) in [6, 6.07) is 18.0. The van der Waals surface area contributed by atoms with Gasteiger partial charge in [-0.15, -0.1) is 0 Å². The number of hydrogen-bond acceptors (Lipinski definition) is 6. The molecule has 1 aliphatic rings. The van der Waals surface area contributed by atoms with Gasteiger partial charge in [0.25, 0.3) is 0 Å². The van der Waals surface area contributed by atoms with E-state index in [-0.39, 0.29) is 30.3 Å². The highest BCUT2D eigenvalue weighted by atomic mass is 35.5. The number of fused-ring (bicyclic) bond motifs is 1. The molecule has 3 aromatic carbocycles. The number of benzene rings is 3. The van der Waals surface area contributed by atoms with Crippen LogP contribution in [0.25, 0.3) is 0 Å². The number of halogens is 2. The third-order valence-electron chi connectivity index (χ3n) is 7.00. The number of carbonyl (C=O) groups excluding carboxylic acids is 2. The van der Waals surface area contributed by atoms with E-state index < -0.39 is 28.5 Å². The van der Waals surface area contributed by atoms with Crippen LogP contribution in [0.2, 0.25) is 10.0 Å². The Balaban J connectivity index is 1.77. The van der Waals surface area contributed by atoms with E-state index in [2.05, 4.69) is 5.32 Å². The van der Waals surface area contributed by atoms with Crippen LogP contribution in [-0.2, 0) is 32.6 Å². The van der Waals surface area contributed by atoms with Crippen LogP contribution in [0.5, 0.6) is 11.5 Å². The van der Waals surface area contributed by atoms with Gasteiger partial charge in [0.15, 0.2) is 11.5 Å². The molecular weight excluding hydrogens is 613 g/mol. The molecule has 12 heteroatoms. The molecule has 1 unspecified atom stereocenters. The lowest BCUT2D eigenvalue weighted by Crippen LogP contribution is -2.53. The molecular formula is C31H35Cl2N3O6S. The highest BCUT2D eigenvalue weighted by molar-refractivity contribution is 7.92. The molecule has 0 bridgehead atoms. The molecule has 3 aromatic rings. The second-order valence-electron chi connectivity index (χ2n) is 9.95. The first-order chi connectivity index (χ1) is 20.6. The van der Waals surface area contributed by atoms with Gasteiger partial charge >= 0.3 is 0 Å². The Labute approximate surface area is 262 Å². The van der Waals surface area contributed by atoms with E-state index in [0.29, 0.717) is 53.3 Å². The smallest absolute Gasteiger partial charge is 0.244 e. The van der Waals surface area contributed by atoms with Crippen molar-refractivity contribution >= 4 is 50.7 Å². The largest absolute Gasteiger partial charge is 0.486 e. The minimum atomic E-state index is -3.94. The first-order valence-electron chi connectivity index (χ1n) is 14.1. The minimum absolute atomic E-state index is 0.116. The fourth-order valence-corrected chi connectivity index (χ4v) is 6.25. The van der Waals surface area contributed by atoms with Crippen LogP contribution in [0.15, 0.2) is 66.7 Å². The van der Waals surface area contributed by atoms with Crippen molar-refractivity contribution in [2.45, 2.75) is 39.3 Å². The molecule has 0 aromatic heterocycles. The molecule has 1 aliphatic heterocycles. The lowest BCUT2D eigenvalue weighted by Gasteiger charge is -2.34. The Hall–Kier alpha value is -3.47. The number of hydrogen-bond donors (Lipinski definition) is 1. The molecule has 0 fully saturated rings. The van der Waals surface area contributed by atoms with Gasteiger partial charge in [0.05, 0.1) is 11.4 Å². The normalized spacial score (nSPS) is 13.2. The second kappa shape index (κ2) is 14.8. The fraction of sp³-hybridized carbons (Fsp3) is 0.355. The van der Waals surface area contributed by atoms with Crippen LogP contribution in [0.3, 0.4) is 0 Å². The summed E-state index contributed by atoms with van der Waals surface area (Å²) in [5.74, 6) is -0.356. The molecule has 43 heavy (non-hydrogen) atoms. The molecule has 4 rings (SSSR count). The van der Waals surface area contributed by atoms with Gasteiger partial charge < -0.3 is 19.7 Å². The van der Waals surface area contributed by atoms with Crippen molar-refractivity contribution in [3.8, 4) is 11.5 Å². The topological polar surface area (TPSA) is 105 Å². The van der Waals surface area contributed by atoms with Crippen LogP contribution < -0.4 is 19.1 Å². The molecule has 1 heterocycles. The van der Waals surface area contributed by atoms with Gasteiger partial charge in [0, 0.05) is 41.2 Å². The second-order valence-corrected chi connectivity index (χ2v) is 12.9. The Morgan fingerprint density at radius 2 is 1.60 bits per heavy atom. The zero-order chi connectivity index (χ0) is 31.0. The number of anilines is 1. The molecule has 1 atom stereocenters. The van der Waals surface area contributed by atoms with Crippen molar-refractivity contribution in [2.24, 2.45) is 0 Å². The van der Waals surface area contributed by atoms with E-state index in [1.165, 1.54) is 11.8 Å². The van der Waals surface area contributed by atoms with Gasteiger partial charge in [-0.1, -0.05) is 66.5 Å². The van der Waals surface area contributed by atoms with E-state index in [9.17, 15) is 18.0 Å². The summed E-state index contributed by atoms with van der Waals surface area (Å²) in [7, 11) is -3.94. The van der Waals surface area contributed by atoms with Gasteiger partial charge in [0.2, 0.25) is 21.8 Å². The predicted octanol–water partition coefficient (Wildman–Crippen LogP) is 5.09. The van der Waals surface area contributed by atoms with Gasteiger partial charge in [-0.2, -0.15) is 0 Å². The van der Waals surface area contributed by atoms with Gasteiger partial charge in [-0.3, -0.25) is 13.9 Å². The zero-order valence-electron chi connectivity index (χ0n) is 24.1. The number of ether oxygens (including phenoxy) is 2. The molecule has 1 N–H and O–H groups in total. The van der Waals surface area contributed by atoms with E-state index in [4.69, 9.17) is 32.7 Å². The maximum absolute atomic E-state index is 14.3. The summed E-state index contributed by atoms with van der Waals surface area (Å²) >= 11 is 13.0. The minimum Gasteiger partial charge on any atom is -0.486 e. The van der Waals surface area contributed by atoms with Crippen molar-refractivity contribution in [3.63, 3.8) is 0 Å². The summed E-state index contributed by atoms with van der Waals surface area (Å²) in [5, 5.41) is 3.55. The van der Waals surface area contributed by atoms with Crippen molar-refractivity contribution < 1.29 is 27.5 Å². The van der Waals surface area contributed by atoms with E-state index >= 15 is 0 Å². The fourth-order valence-electron chi connectivity index (χ4n) is 4.68. The molecule has 230 valence electrons. The zero-order valence-corrected chi connectivity index (χ0v) is 26.4. The van der Waals surface area contributed by atoms with Crippen LogP contribution >= 0.6 is 23.2 Å². The van der Waals surface area contributed by atoms with Crippen molar-refractivity contribution in [1.29, 1.82) is 0 Å². The Bertz CT molecular complexity index is 1520. The van der Waals surface area contributed by atoms with Crippen LogP contribution in [0, 0.1) is 0 Å². The third kappa shape index (κ3) is 8.13. The first-order valence-corrected chi connectivity index (χ1v) is 16.4. The summed E-state index contributed by atoms with van der Waals surface area (Å²) in [5.41, 5.74) is 1.52. The highest BCUT2D eigenvalue weighted by Crippen LogP contribution is 2.35. The standard InChI is InChI=1S/C31H35Cl2N3O6S/c1-3-15-34-31(38)27(18-22-9-6-5-7-10-22)35(20-24-25(32)11-8-12-26(24)33)30(37)21-36(43(39,40)4-2)23-13-14-28-29(19-23)42-17-16-41-28/h5-14,19,27H,3-4,15-18,20-21H2,1-2H3,(H,34,38). The average molecular weight is 649 g/mol. The summed E-state index contributed by atoms with van der Waals surface area (Å²) in [6.45, 7) is 3.86. The maximum atomic E-state index is 14.3. The van der Waals surface area contributed by atoms with Crippen LogP contribution in [-0.4, -0.2) is 63.2 Å². The number of amides is 2. The number of rotatable bonds is 13. The highest BCUT2D eigenvalue weighted by Gasteiger charge is 2.34. The number of carbonyl (C=O) groups is 2. The molecule has 0 spiro atoms. The predicted molar refractivity (Wildman–Crippen MR) is 168 cm³/mol.